The molecule has 0 spiro atoms. The number of carbonyl (C=O) groups excluding carboxylic acids is 2. The zero-order valence-corrected chi connectivity index (χ0v) is 13.8. The maximum Gasteiger partial charge on any atom is 0.240 e. The molecular weight excluding hydrogens is 278 g/mol. The van der Waals surface area contributed by atoms with Gasteiger partial charge in [-0.15, -0.1) is 0 Å². The van der Waals surface area contributed by atoms with Gasteiger partial charge in [0, 0.05) is 17.8 Å². The van der Waals surface area contributed by atoms with Crippen LogP contribution >= 0.6 is 0 Å². The molecule has 0 fully saturated rings. The quantitative estimate of drug-likeness (QED) is 0.599. The second-order valence-electron chi connectivity index (χ2n) is 5.51. The van der Waals surface area contributed by atoms with E-state index < -0.39 is 0 Å². The van der Waals surface area contributed by atoms with Crippen molar-refractivity contribution >= 4 is 23.2 Å². The van der Waals surface area contributed by atoms with Gasteiger partial charge in [0.15, 0.2) is 0 Å². The van der Waals surface area contributed by atoms with E-state index in [9.17, 15) is 9.59 Å². The predicted molar refractivity (Wildman–Crippen MR) is 89.9 cm³/mol. The number of nitrogens with zero attached hydrogens (tertiary/aromatic N) is 1. The van der Waals surface area contributed by atoms with E-state index >= 15 is 0 Å². The summed E-state index contributed by atoms with van der Waals surface area (Å²) in [4.78, 5) is 23.4. The number of aryl methyl sites for hydroxylation is 2. The first kappa shape index (κ1) is 17.9. The fraction of sp³-hybridized carbons (Fsp3) is 0.471. The van der Waals surface area contributed by atoms with Crippen molar-refractivity contribution in [1.82, 2.24) is 5.43 Å². The molecule has 0 radical (unpaired) electrons. The van der Waals surface area contributed by atoms with Crippen LogP contribution in [-0.2, 0) is 9.59 Å². The van der Waals surface area contributed by atoms with E-state index in [1.807, 2.05) is 39.0 Å². The fourth-order valence-electron chi connectivity index (χ4n) is 1.85. The van der Waals surface area contributed by atoms with Crippen molar-refractivity contribution in [3.8, 4) is 0 Å². The Morgan fingerprint density at radius 2 is 1.86 bits per heavy atom. The Bertz CT molecular complexity index is 565. The molecule has 0 unspecified atom stereocenters. The van der Waals surface area contributed by atoms with Crippen molar-refractivity contribution in [2.75, 3.05) is 5.32 Å². The zero-order chi connectivity index (χ0) is 16.5. The minimum absolute atomic E-state index is 0.115. The molecule has 1 aromatic carbocycles. The number of hydrogen-bond acceptors (Lipinski definition) is 3. The molecule has 0 saturated heterocycles. The molecule has 2 amide bonds. The molecule has 0 aromatic heterocycles. The number of hydrazone groups is 1. The first-order valence-corrected chi connectivity index (χ1v) is 7.61. The normalized spacial score (nSPS) is 11.2. The number of rotatable bonds is 7. The second-order valence-corrected chi connectivity index (χ2v) is 5.51. The maximum atomic E-state index is 11.9. The van der Waals surface area contributed by atoms with Crippen LogP contribution in [-0.4, -0.2) is 17.5 Å². The third-order valence-electron chi connectivity index (χ3n) is 3.34. The molecule has 120 valence electrons. The molecule has 22 heavy (non-hydrogen) atoms. The Labute approximate surface area is 132 Å². The molecular formula is C17H25N3O2. The largest absolute Gasteiger partial charge is 0.326 e. The Morgan fingerprint density at radius 1 is 1.14 bits per heavy atom. The topological polar surface area (TPSA) is 70.6 Å². The molecule has 2 N–H and O–H groups in total. The van der Waals surface area contributed by atoms with Crippen molar-refractivity contribution in [2.45, 2.75) is 53.4 Å². The van der Waals surface area contributed by atoms with Gasteiger partial charge in [-0.05, 0) is 50.5 Å². The van der Waals surface area contributed by atoms with Crippen molar-refractivity contribution in [2.24, 2.45) is 5.10 Å². The van der Waals surface area contributed by atoms with E-state index in [1.54, 1.807) is 6.92 Å². The highest BCUT2D eigenvalue weighted by Crippen LogP contribution is 2.14. The maximum absolute atomic E-state index is 11.9. The second kappa shape index (κ2) is 8.97. The lowest BCUT2D eigenvalue weighted by molar-refractivity contribution is -0.121. The standard InChI is InChI=1S/C17H25N3O2/c1-5-6-7-16(21)20-19-14(4)11-17(22)18-15-9-8-12(2)13(3)10-15/h8-10H,5-7,11H2,1-4H3,(H,18,22)(H,20,21)/b19-14-. The van der Waals surface area contributed by atoms with E-state index in [4.69, 9.17) is 0 Å². The molecule has 0 aliphatic carbocycles. The van der Waals surface area contributed by atoms with Gasteiger partial charge in [0.1, 0.15) is 0 Å². The van der Waals surface area contributed by atoms with Crippen LogP contribution in [0.1, 0.15) is 50.7 Å². The van der Waals surface area contributed by atoms with Gasteiger partial charge in [0.25, 0.3) is 0 Å². The van der Waals surface area contributed by atoms with Crippen LogP contribution in [0.3, 0.4) is 0 Å². The van der Waals surface area contributed by atoms with Gasteiger partial charge >= 0.3 is 0 Å². The number of carbonyl (C=O) groups is 2. The highest BCUT2D eigenvalue weighted by Gasteiger charge is 2.06. The average Bonchev–Trinajstić information content (AvgIpc) is 2.46. The molecule has 0 bridgehead atoms. The third-order valence-corrected chi connectivity index (χ3v) is 3.34. The first-order valence-electron chi connectivity index (χ1n) is 7.61. The Balaban J connectivity index is 2.46. The Hall–Kier alpha value is -2.17. The number of unbranched alkanes of at least 4 members (excludes halogenated alkanes) is 1. The molecule has 5 nitrogen and oxygen atoms in total. The minimum Gasteiger partial charge on any atom is -0.326 e. The molecule has 1 aromatic rings. The number of hydrogen-bond donors (Lipinski definition) is 2. The van der Waals surface area contributed by atoms with Gasteiger partial charge in [0.05, 0.1) is 6.42 Å². The van der Waals surface area contributed by atoms with Crippen LogP contribution in [0.25, 0.3) is 0 Å². The summed E-state index contributed by atoms with van der Waals surface area (Å²) in [5.41, 5.74) is 6.14. The fourth-order valence-corrected chi connectivity index (χ4v) is 1.85. The van der Waals surface area contributed by atoms with Crippen LogP contribution in [0.2, 0.25) is 0 Å². The smallest absolute Gasteiger partial charge is 0.240 e. The Morgan fingerprint density at radius 3 is 2.50 bits per heavy atom. The van der Waals surface area contributed by atoms with Crippen LogP contribution in [0, 0.1) is 13.8 Å². The molecule has 1 rings (SSSR count). The summed E-state index contributed by atoms with van der Waals surface area (Å²) in [6, 6.07) is 5.78. The van der Waals surface area contributed by atoms with Crippen LogP contribution in [0.15, 0.2) is 23.3 Å². The lowest BCUT2D eigenvalue weighted by Gasteiger charge is -2.07. The number of nitrogens with one attached hydrogen (secondary N) is 2. The van der Waals surface area contributed by atoms with Crippen molar-refractivity contribution in [3.05, 3.63) is 29.3 Å². The van der Waals surface area contributed by atoms with E-state index in [2.05, 4.69) is 15.8 Å². The molecule has 0 heterocycles. The summed E-state index contributed by atoms with van der Waals surface area (Å²) in [5.74, 6) is -0.261. The summed E-state index contributed by atoms with van der Waals surface area (Å²) >= 11 is 0. The highest BCUT2D eigenvalue weighted by atomic mass is 16.2. The molecule has 0 aliphatic heterocycles. The molecule has 5 heteroatoms. The monoisotopic (exact) mass is 303 g/mol. The minimum atomic E-state index is -0.146. The predicted octanol–water partition coefficient (Wildman–Crippen LogP) is 3.31. The van der Waals surface area contributed by atoms with Crippen molar-refractivity contribution < 1.29 is 9.59 Å². The van der Waals surface area contributed by atoms with E-state index in [0.717, 1.165) is 24.1 Å². The van der Waals surface area contributed by atoms with Crippen molar-refractivity contribution in [1.29, 1.82) is 0 Å². The zero-order valence-electron chi connectivity index (χ0n) is 13.8. The molecule has 0 aliphatic rings. The van der Waals surface area contributed by atoms with E-state index in [-0.39, 0.29) is 18.2 Å². The van der Waals surface area contributed by atoms with Gasteiger partial charge in [-0.2, -0.15) is 5.10 Å². The van der Waals surface area contributed by atoms with E-state index in [0.29, 0.717) is 12.1 Å². The van der Waals surface area contributed by atoms with Gasteiger partial charge in [-0.1, -0.05) is 19.4 Å². The van der Waals surface area contributed by atoms with Crippen LogP contribution < -0.4 is 10.7 Å². The van der Waals surface area contributed by atoms with Gasteiger partial charge < -0.3 is 5.32 Å². The van der Waals surface area contributed by atoms with Crippen molar-refractivity contribution in [3.63, 3.8) is 0 Å². The summed E-state index contributed by atoms with van der Waals surface area (Å²) in [5, 5.41) is 6.78. The summed E-state index contributed by atoms with van der Waals surface area (Å²) < 4.78 is 0. The highest BCUT2D eigenvalue weighted by molar-refractivity contribution is 6.05. The molecule has 0 atom stereocenters. The Kier molecular flexibility index (Phi) is 7.29. The number of amides is 2. The SMILES string of the molecule is CCCCC(=O)N/N=C(/C)CC(=O)Nc1ccc(C)c(C)c1. The molecule has 0 saturated carbocycles. The van der Waals surface area contributed by atoms with E-state index in [1.165, 1.54) is 5.56 Å². The lowest BCUT2D eigenvalue weighted by atomic mass is 10.1. The van der Waals surface area contributed by atoms with Crippen LogP contribution in [0.5, 0.6) is 0 Å². The first-order chi connectivity index (χ1) is 10.4. The lowest BCUT2D eigenvalue weighted by Crippen LogP contribution is -2.21. The van der Waals surface area contributed by atoms with Crippen LogP contribution in [0.4, 0.5) is 5.69 Å². The number of benzene rings is 1. The average molecular weight is 303 g/mol. The summed E-state index contributed by atoms with van der Waals surface area (Å²) in [6.45, 7) is 7.78. The van der Waals surface area contributed by atoms with Gasteiger partial charge in [0.2, 0.25) is 11.8 Å². The number of anilines is 1. The van der Waals surface area contributed by atoms with Gasteiger partial charge in [-0.25, -0.2) is 5.43 Å². The summed E-state index contributed by atoms with van der Waals surface area (Å²) in [7, 11) is 0. The summed E-state index contributed by atoms with van der Waals surface area (Å²) in [6.07, 6.45) is 2.42. The third kappa shape index (κ3) is 6.52. The van der Waals surface area contributed by atoms with Gasteiger partial charge in [-0.3, -0.25) is 9.59 Å².